The third kappa shape index (κ3) is 4.56. The van der Waals surface area contributed by atoms with Gasteiger partial charge in [-0.25, -0.2) is 13.1 Å². The molecular weight excluding hydrogens is 440 g/mol. The first-order chi connectivity index (χ1) is 14.3. The average molecular weight is 461 g/mol. The highest BCUT2D eigenvalue weighted by atomic mass is 32.2. The maximum atomic E-state index is 12.7. The Labute approximate surface area is 182 Å². The van der Waals surface area contributed by atoms with Crippen molar-refractivity contribution in [1.29, 1.82) is 0 Å². The summed E-state index contributed by atoms with van der Waals surface area (Å²) in [6, 6.07) is 13.7. The van der Waals surface area contributed by atoms with Crippen LogP contribution >= 0.6 is 23.1 Å². The molecule has 4 rings (SSSR count). The number of hydrogen-bond acceptors (Lipinski definition) is 7. The number of aryl methyl sites for hydroxylation is 1. The van der Waals surface area contributed by atoms with Gasteiger partial charge in [-0.05, 0) is 43.2 Å². The second-order valence-corrected chi connectivity index (χ2v) is 10.9. The molecule has 0 bridgehead atoms. The van der Waals surface area contributed by atoms with Crippen LogP contribution in [0.25, 0.3) is 16.6 Å². The number of nitrogens with one attached hydrogen (secondary N) is 1. The summed E-state index contributed by atoms with van der Waals surface area (Å²) in [5.74, 6) is 0.269. The zero-order valence-corrected chi connectivity index (χ0v) is 18.9. The summed E-state index contributed by atoms with van der Waals surface area (Å²) in [7, 11) is -3.20. The van der Waals surface area contributed by atoms with E-state index in [1.54, 1.807) is 6.07 Å². The highest BCUT2D eigenvalue weighted by molar-refractivity contribution is 7.99. The molecule has 0 amide bonds. The van der Waals surface area contributed by atoms with Gasteiger partial charge in [-0.2, -0.15) is 0 Å². The van der Waals surface area contributed by atoms with Gasteiger partial charge in [0, 0.05) is 16.8 Å². The molecule has 10 heteroatoms. The first-order valence-electron chi connectivity index (χ1n) is 9.24. The van der Waals surface area contributed by atoms with E-state index in [0.29, 0.717) is 23.0 Å². The zero-order chi connectivity index (χ0) is 21.3. The molecule has 0 atom stereocenters. The van der Waals surface area contributed by atoms with E-state index in [4.69, 9.17) is 0 Å². The summed E-state index contributed by atoms with van der Waals surface area (Å²) in [6.45, 7) is 2.37. The van der Waals surface area contributed by atoms with Gasteiger partial charge in [0.05, 0.1) is 22.4 Å². The van der Waals surface area contributed by atoms with Crippen LogP contribution in [0, 0.1) is 6.92 Å². The van der Waals surface area contributed by atoms with Crippen molar-refractivity contribution in [2.24, 2.45) is 0 Å². The van der Waals surface area contributed by atoms with E-state index < -0.39 is 10.0 Å². The Morgan fingerprint density at radius 1 is 1.20 bits per heavy atom. The Morgan fingerprint density at radius 2 is 2.00 bits per heavy atom. The van der Waals surface area contributed by atoms with Gasteiger partial charge in [-0.15, -0.1) is 21.5 Å². The van der Waals surface area contributed by atoms with E-state index in [9.17, 15) is 13.2 Å². The van der Waals surface area contributed by atoms with Crippen molar-refractivity contribution in [1.82, 2.24) is 19.3 Å². The molecule has 3 heterocycles. The Hall–Kier alpha value is -2.27. The van der Waals surface area contributed by atoms with E-state index in [1.807, 2.05) is 41.7 Å². The van der Waals surface area contributed by atoms with E-state index in [0.717, 1.165) is 33.2 Å². The first kappa shape index (κ1) is 21.0. The van der Waals surface area contributed by atoms with Crippen LogP contribution in [0.15, 0.2) is 47.6 Å². The van der Waals surface area contributed by atoms with Crippen molar-refractivity contribution >= 4 is 55.5 Å². The second kappa shape index (κ2) is 8.46. The SMILES string of the molecule is Cc1cc2nnc(SCC(=O)c3ccc(CCNS(C)(=O)=O)s3)n2c2ccccc12. The molecule has 3 aromatic heterocycles. The largest absolute Gasteiger partial charge is 0.292 e. The molecule has 0 saturated heterocycles. The zero-order valence-electron chi connectivity index (χ0n) is 16.5. The lowest BCUT2D eigenvalue weighted by atomic mass is 10.1. The Morgan fingerprint density at radius 3 is 2.80 bits per heavy atom. The standard InChI is InChI=1S/C20H20N4O3S3/c1-13-11-19-22-23-20(24(19)16-6-4-3-5-15(13)16)28-12-17(25)18-8-7-14(29-18)9-10-21-30(2,26)27/h3-8,11,21H,9-10,12H2,1-2H3. The van der Waals surface area contributed by atoms with Crippen molar-refractivity contribution in [3.63, 3.8) is 0 Å². The van der Waals surface area contributed by atoms with Crippen LogP contribution in [0.4, 0.5) is 0 Å². The quantitative estimate of drug-likeness (QED) is 0.320. The number of thioether (sulfide) groups is 1. The topological polar surface area (TPSA) is 93.4 Å². The fourth-order valence-electron chi connectivity index (χ4n) is 3.19. The van der Waals surface area contributed by atoms with Gasteiger partial charge in [0.25, 0.3) is 0 Å². The van der Waals surface area contributed by atoms with Crippen molar-refractivity contribution in [2.45, 2.75) is 18.5 Å². The highest BCUT2D eigenvalue weighted by Gasteiger charge is 2.15. The summed E-state index contributed by atoms with van der Waals surface area (Å²) >= 11 is 2.76. The lowest BCUT2D eigenvalue weighted by Gasteiger charge is -2.06. The Kier molecular flexibility index (Phi) is 5.92. The van der Waals surface area contributed by atoms with Crippen molar-refractivity contribution in [3.8, 4) is 0 Å². The lowest BCUT2D eigenvalue weighted by Crippen LogP contribution is -2.23. The fourth-order valence-corrected chi connectivity index (χ4v) is 5.54. The molecule has 30 heavy (non-hydrogen) atoms. The summed E-state index contributed by atoms with van der Waals surface area (Å²) in [5, 5.41) is 10.4. The van der Waals surface area contributed by atoms with Gasteiger partial charge in [0.1, 0.15) is 0 Å². The average Bonchev–Trinajstić information content (AvgIpc) is 3.33. The van der Waals surface area contributed by atoms with Gasteiger partial charge in [-0.3, -0.25) is 9.20 Å². The molecule has 4 aromatic rings. The van der Waals surface area contributed by atoms with Crippen LogP contribution in [-0.4, -0.2) is 47.4 Å². The number of carbonyl (C=O) groups excluding carboxylic acids is 1. The summed E-state index contributed by atoms with van der Waals surface area (Å²) in [5.41, 5.74) is 2.91. The Balaban J connectivity index is 1.47. The monoisotopic (exact) mass is 460 g/mol. The number of rotatable bonds is 8. The summed E-state index contributed by atoms with van der Waals surface area (Å²) in [4.78, 5) is 14.3. The number of fused-ring (bicyclic) bond motifs is 3. The molecule has 0 aliphatic heterocycles. The van der Waals surface area contributed by atoms with Gasteiger partial charge in [0.15, 0.2) is 16.6 Å². The maximum absolute atomic E-state index is 12.7. The predicted octanol–water partition coefficient (Wildman–Crippen LogP) is 3.32. The molecule has 0 spiro atoms. The van der Waals surface area contributed by atoms with E-state index >= 15 is 0 Å². The van der Waals surface area contributed by atoms with Crippen molar-refractivity contribution in [3.05, 3.63) is 57.8 Å². The van der Waals surface area contributed by atoms with E-state index in [2.05, 4.69) is 21.0 Å². The number of hydrogen-bond donors (Lipinski definition) is 1. The number of pyridine rings is 1. The minimum Gasteiger partial charge on any atom is -0.292 e. The molecule has 0 radical (unpaired) electrons. The minimum absolute atomic E-state index is 0.0143. The maximum Gasteiger partial charge on any atom is 0.208 e. The molecule has 156 valence electrons. The first-order valence-corrected chi connectivity index (χ1v) is 12.9. The number of benzene rings is 1. The highest BCUT2D eigenvalue weighted by Crippen LogP contribution is 2.27. The van der Waals surface area contributed by atoms with Gasteiger partial charge in [0.2, 0.25) is 10.0 Å². The third-order valence-corrected chi connectivity index (χ3v) is 7.42. The Bertz CT molecular complexity index is 1340. The number of nitrogens with zero attached hydrogens (tertiary/aromatic N) is 3. The normalized spacial score (nSPS) is 12.1. The van der Waals surface area contributed by atoms with Crippen molar-refractivity contribution < 1.29 is 13.2 Å². The summed E-state index contributed by atoms with van der Waals surface area (Å²) < 4.78 is 26.7. The number of Topliss-reactive ketones (excluding diaryl/α,β-unsaturated/α-hetero) is 1. The van der Waals surface area contributed by atoms with Gasteiger partial charge in [-0.1, -0.05) is 30.0 Å². The van der Waals surface area contributed by atoms with Crippen LogP contribution in [0.2, 0.25) is 0 Å². The van der Waals surface area contributed by atoms with Crippen LogP contribution in [0.3, 0.4) is 0 Å². The molecule has 0 aliphatic rings. The molecular formula is C20H20N4O3S3. The molecule has 1 N–H and O–H groups in total. The number of aromatic nitrogens is 3. The van der Waals surface area contributed by atoms with Crippen LogP contribution < -0.4 is 4.72 Å². The number of thiophene rings is 1. The van der Waals surface area contributed by atoms with Crippen LogP contribution in [0.5, 0.6) is 0 Å². The minimum atomic E-state index is -3.20. The fraction of sp³-hybridized carbons (Fsp3) is 0.250. The van der Waals surface area contributed by atoms with Gasteiger partial charge < -0.3 is 0 Å². The van der Waals surface area contributed by atoms with Gasteiger partial charge >= 0.3 is 0 Å². The molecule has 1 aromatic carbocycles. The number of para-hydroxylation sites is 1. The second-order valence-electron chi connectivity index (χ2n) is 6.91. The number of ketones is 1. The summed E-state index contributed by atoms with van der Waals surface area (Å²) in [6.07, 6.45) is 1.69. The molecule has 0 aliphatic carbocycles. The smallest absolute Gasteiger partial charge is 0.208 e. The molecule has 0 fully saturated rings. The third-order valence-electron chi connectivity index (χ3n) is 4.58. The van der Waals surface area contributed by atoms with E-state index in [-0.39, 0.29) is 11.5 Å². The lowest BCUT2D eigenvalue weighted by molar-refractivity contribution is 0.102. The predicted molar refractivity (Wildman–Crippen MR) is 121 cm³/mol. The van der Waals surface area contributed by atoms with Crippen molar-refractivity contribution in [2.75, 3.05) is 18.6 Å². The van der Waals surface area contributed by atoms with Crippen LogP contribution in [-0.2, 0) is 16.4 Å². The number of carbonyl (C=O) groups is 1. The number of sulfonamides is 1. The molecule has 0 unspecified atom stereocenters. The molecule has 0 saturated carbocycles. The molecule has 7 nitrogen and oxygen atoms in total. The van der Waals surface area contributed by atoms with E-state index in [1.165, 1.54) is 23.1 Å². The van der Waals surface area contributed by atoms with Crippen LogP contribution in [0.1, 0.15) is 20.1 Å².